The van der Waals surface area contributed by atoms with E-state index in [4.69, 9.17) is 0 Å². The molecule has 0 spiro atoms. The van der Waals surface area contributed by atoms with E-state index < -0.39 is 14.9 Å². The number of benzene rings is 1. The van der Waals surface area contributed by atoms with Gasteiger partial charge in [0.1, 0.15) is 4.90 Å². The van der Waals surface area contributed by atoms with Crippen molar-refractivity contribution >= 4 is 21.4 Å². The fraction of sp³-hybridized carbons (Fsp3) is 0.600. The summed E-state index contributed by atoms with van der Waals surface area (Å²) in [6.45, 7) is 2.57. The topological polar surface area (TPSA) is 83.8 Å². The van der Waals surface area contributed by atoms with Gasteiger partial charge in [-0.3, -0.25) is 10.1 Å². The summed E-state index contributed by atoms with van der Waals surface area (Å²) < 4.78 is 27.3. The number of piperidine rings is 1. The van der Waals surface area contributed by atoms with Gasteiger partial charge in [-0.2, -0.15) is 4.31 Å². The van der Waals surface area contributed by atoms with Crippen LogP contribution in [0.2, 0.25) is 0 Å². The summed E-state index contributed by atoms with van der Waals surface area (Å²) in [6, 6.07) is 4.21. The van der Waals surface area contributed by atoms with Gasteiger partial charge in [0.15, 0.2) is 0 Å². The van der Waals surface area contributed by atoms with E-state index >= 15 is 0 Å². The number of rotatable bonds is 4. The molecule has 0 aliphatic carbocycles. The van der Waals surface area contributed by atoms with Gasteiger partial charge in [-0.05, 0) is 38.2 Å². The second-order valence-corrected chi connectivity index (χ2v) is 7.97. The van der Waals surface area contributed by atoms with Crippen LogP contribution in [-0.2, 0) is 10.0 Å². The average Bonchev–Trinajstić information content (AvgIpc) is 3.10. The van der Waals surface area contributed by atoms with E-state index in [0.29, 0.717) is 18.8 Å². The molecule has 0 N–H and O–H groups in total. The first kappa shape index (κ1) is 16.2. The highest BCUT2D eigenvalue weighted by molar-refractivity contribution is 7.89. The van der Waals surface area contributed by atoms with Gasteiger partial charge in [0.05, 0.1) is 10.6 Å². The second-order valence-electron chi connectivity index (χ2n) is 6.07. The number of sulfonamides is 1. The van der Waals surface area contributed by atoms with Gasteiger partial charge >= 0.3 is 0 Å². The number of hydrogen-bond acceptors (Lipinski definition) is 5. The highest BCUT2D eigenvalue weighted by atomic mass is 32.2. The van der Waals surface area contributed by atoms with Gasteiger partial charge < -0.3 is 4.90 Å². The Labute approximate surface area is 136 Å². The third kappa shape index (κ3) is 3.18. The van der Waals surface area contributed by atoms with Crippen LogP contribution in [0.15, 0.2) is 23.1 Å². The van der Waals surface area contributed by atoms with Gasteiger partial charge in [-0.1, -0.05) is 0 Å². The molecule has 2 heterocycles. The lowest BCUT2D eigenvalue weighted by molar-refractivity contribution is -0.385. The first-order valence-electron chi connectivity index (χ1n) is 8.04. The lowest BCUT2D eigenvalue weighted by atomic mass is 10.1. The highest BCUT2D eigenvalue weighted by Gasteiger charge is 2.32. The lowest BCUT2D eigenvalue weighted by Crippen LogP contribution is -2.33. The molecule has 0 saturated carbocycles. The van der Waals surface area contributed by atoms with Crippen molar-refractivity contribution in [2.24, 2.45) is 0 Å². The minimum atomic E-state index is -3.69. The molecule has 126 valence electrons. The fourth-order valence-electron chi connectivity index (χ4n) is 3.29. The Hall–Kier alpha value is -1.67. The molecule has 8 heteroatoms. The van der Waals surface area contributed by atoms with Crippen molar-refractivity contribution in [3.63, 3.8) is 0 Å². The summed E-state index contributed by atoms with van der Waals surface area (Å²) >= 11 is 0. The van der Waals surface area contributed by atoms with Crippen LogP contribution in [0.1, 0.15) is 32.1 Å². The minimum absolute atomic E-state index is 0.0792. The van der Waals surface area contributed by atoms with Gasteiger partial charge in [0.2, 0.25) is 10.0 Å². The van der Waals surface area contributed by atoms with Crippen LogP contribution < -0.4 is 4.90 Å². The zero-order valence-electron chi connectivity index (χ0n) is 13.0. The summed E-state index contributed by atoms with van der Waals surface area (Å²) in [5.74, 6) is 0. The van der Waals surface area contributed by atoms with Crippen LogP contribution >= 0.6 is 0 Å². The van der Waals surface area contributed by atoms with Crippen LogP contribution in [0.5, 0.6) is 0 Å². The van der Waals surface area contributed by atoms with Crippen LogP contribution in [0.4, 0.5) is 11.4 Å². The third-order valence-corrected chi connectivity index (χ3v) is 6.46. The second kappa shape index (κ2) is 6.45. The van der Waals surface area contributed by atoms with E-state index in [1.165, 1.54) is 16.4 Å². The van der Waals surface area contributed by atoms with E-state index in [-0.39, 0.29) is 10.6 Å². The summed E-state index contributed by atoms with van der Waals surface area (Å²) in [5, 5.41) is 11.1. The fourth-order valence-corrected chi connectivity index (χ4v) is 5.03. The van der Waals surface area contributed by atoms with Crippen LogP contribution in [0.3, 0.4) is 0 Å². The van der Waals surface area contributed by atoms with E-state index in [1.807, 2.05) is 4.90 Å². The maximum absolute atomic E-state index is 12.9. The Morgan fingerprint density at radius 1 is 0.957 bits per heavy atom. The SMILES string of the molecule is O=[N+]([O-])c1ccc(N2CCCCC2)c(S(=O)(=O)N2CCCC2)c1. The molecule has 3 rings (SSSR count). The zero-order chi connectivity index (χ0) is 16.4. The maximum Gasteiger partial charge on any atom is 0.270 e. The number of nitro groups is 1. The largest absolute Gasteiger partial charge is 0.370 e. The molecule has 2 aliphatic heterocycles. The van der Waals surface area contributed by atoms with Gasteiger partial charge in [-0.15, -0.1) is 0 Å². The quantitative estimate of drug-likeness (QED) is 0.621. The lowest BCUT2D eigenvalue weighted by Gasteiger charge is -2.31. The van der Waals surface area contributed by atoms with Gasteiger partial charge in [0, 0.05) is 38.3 Å². The Balaban J connectivity index is 2.06. The van der Waals surface area contributed by atoms with Crippen molar-refractivity contribution in [2.45, 2.75) is 37.0 Å². The summed E-state index contributed by atoms with van der Waals surface area (Å²) in [5.41, 5.74) is 0.422. The molecular formula is C15H21N3O4S. The van der Waals surface area contributed by atoms with Gasteiger partial charge in [0.25, 0.3) is 5.69 Å². The minimum Gasteiger partial charge on any atom is -0.370 e. The van der Waals surface area contributed by atoms with Crippen molar-refractivity contribution < 1.29 is 13.3 Å². The van der Waals surface area contributed by atoms with Crippen LogP contribution in [0, 0.1) is 10.1 Å². The molecule has 2 fully saturated rings. The average molecular weight is 339 g/mol. The van der Waals surface area contributed by atoms with Crippen molar-refractivity contribution in [3.05, 3.63) is 28.3 Å². The first-order valence-corrected chi connectivity index (χ1v) is 9.48. The van der Waals surface area contributed by atoms with Crippen molar-refractivity contribution in [1.29, 1.82) is 0 Å². The molecule has 1 aromatic rings. The Bertz CT molecular complexity index is 693. The monoisotopic (exact) mass is 339 g/mol. The zero-order valence-corrected chi connectivity index (χ0v) is 13.8. The summed E-state index contributed by atoms with van der Waals surface area (Å²) in [6.07, 6.45) is 4.85. The Morgan fingerprint density at radius 2 is 1.57 bits per heavy atom. The van der Waals surface area contributed by atoms with Crippen molar-refractivity contribution in [1.82, 2.24) is 4.31 Å². The standard InChI is InChI=1S/C15H21N3O4S/c19-18(20)13-6-7-14(16-8-2-1-3-9-16)15(12-13)23(21,22)17-10-4-5-11-17/h6-7,12H,1-5,8-11H2. The summed E-state index contributed by atoms with van der Waals surface area (Å²) in [7, 11) is -3.69. The number of hydrogen-bond donors (Lipinski definition) is 0. The molecule has 0 amide bonds. The normalized spacial score (nSPS) is 19.9. The first-order chi connectivity index (χ1) is 11.0. The van der Waals surface area contributed by atoms with E-state index in [9.17, 15) is 18.5 Å². The number of nitro benzene ring substituents is 1. The Kier molecular flexibility index (Phi) is 4.54. The number of anilines is 1. The number of non-ortho nitro benzene ring substituents is 1. The van der Waals surface area contributed by atoms with E-state index in [1.54, 1.807) is 6.07 Å². The molecule has 0 unspecified atom stereocenters. The molecule has 23 heavy (non-hydrogen) atoms. The predicted octanol–water partition coefficient (Wildman–Crippen LogP) is 2.37. The molecule has 0 bridgehead atoms. The molecule has 7 nitrogen and oxygen atoms in total. The highest BCUT2D eigenvalue weighted by Crippen LogP contribution is 2.34. The van der Waals surface area contributed by atoms with Crippen molar-refractivity contribution in [3.8, 4) is 0 Å². The molecule has 1 aromatic carbocycles. The Morgan fingerprint density at radius 3 is 2.17 bits per heavy atom. The van der Waals surface area contributed by atoms with Gasteiger partial charge in [-0.25, -0.2) is 8.42 Å². The van der Waals surface area contributed by atoms with Crippen LogP contribution in [-0.4, -0.2) is 43.8 Å². The predicted molar refractivity (Wildman–Crippen MR) is 87.2 cm³/mol. The maximum atomic E-state index is 12.9. The third-order valence-electron chi connectivity index (χ3n) is 4.53. The molecule has 2 saturated heterocycles. The molecule has 0 radical (unpaired) electrons. The summed E-state index contributed by atoms with van der Waals surface area (Å²) in [4.78, 5) is 12.7. The van der Waals surface area contributed by atoms with E-state index in [0.717, 1.165) is 45.2 Å². The smallest absolute Gasteiger partial charge is 0.270 e. The number of nitrogens with zero attached hydrogens (tertiary/aromatic N) is 3. The molecular weight excluding hydrogens is 318 g/mol. The molecule has 2 aliphatic rings. The molecule has 0 aromatic heterocycles. The van der Waals surface area contributed by atoms with E-state index in [2.05, 4.69) is 0 Å². The molecule has 0 atom stereocenters. The van der Waals surface area contributed by atoms with Crippen LogP contribution in [0.25, 0.3) is 0 Å². The van der Waals surface area contributed by atoms with Crippen molar-refractivity contribution in [2.75, 3.05) is 31.1 Å².